The summed E-state index contributed by atoms with van der Waals surface area (Å²) in [6.07, 6.45) is 2.80. The summed E-state index contributed by atoms with van der Waals surface area (Å²) in [6, 6.07) is 10.4. The van der Waals surface area contributed by atoms with E-state index in [0.717, 1.165) is 26.2 Å². The lowest BCUT2D eigenvalue weighted by Gasteiger charge is -2.34. The van der Waals surface area contributed by atoms with E-state index in [-0.39, 0.29) is 6.04 Å². The first-order chi connectivity index (χ1) is 8.79. The van der Waals surface area contributed by atoms with E-state index in [2.05, 4.69) is 24.0 Å². The molecule has 0 bridgehead atoms. The maximum Gasteiger partial charge on any atom is 0.0702 e. The first-order valence-corrected chi connectivity index (χ1v) is 6.94. The maximum atomic E-state index is 6.26. The topological polar surface area (TPSA) is 38.5 Å². The van der Waals surface area contributed by atoms with Crippen LogP contribution in [0.5, 0.6) is 0 Å². The molecule has 0 aliphatic carbocycles. The van der Waals surface area contributed by atoms with Crippen LogP contribution >= 0.6 is 0 Å². The molecule has 1 fully saturated rings. The first kappa shape index (κ1) is 13.5. The third-order valence-corrected chi connectivity index (χ3v) is 3.55. The van der Waals surface area contributed by atoms with Crippen molar-refractivity contribution in [2.45, 2.75) is 31.9 Å². The number of ether oxygens (including phenoxy) is 1. The second kappa shape index (κ2) is 6.88. The Kier molecular flexibility index (Phi) is 5.17. The highest BCUT2D eigenvalue weighted by Gasteiger charge is 2.21. The van der Waals surface area contributed by atoms with Crippen molar-refractivity contribution >= 4 is 0 Å². The van der Waals surface area contributed by atoms with Crippen LogP contribution in [0.4, 0.5) is 0 Å². The van der Waals surface area contributed by atoms with Gasteiger partial charge in [0.1, 0.15) is 0 Å². The van der Waals surface area contributed by atoms with Gasteiger partial charge in [-0.3, -0.25) is 4.90 Å². The molecule has 0 radical (unpaired) electrons. The molecule has 1 aliphatic heterocycles. The third kappa shape index (κ3) is 3.80. The second-order valence-corrected chi connectivity index (χ2v) is 5.00. The molecule has 1 heterocycles. The number of piperidine rings is 1. The Hall–Kier alpha value is -0.900. The lowest BCUT2D eigenvalue weighted by molar-refractivity contribution is 0.00449. The number of rotatable bonds is 5. The molecule has 0 amide bonds. The van der Waals surface area contributed by atoms with Gasteiger partial charge < -0.3 is 10.5 Å². The lowest BCUT2D eigenvalue weighted by atomic mass is 10.0. The summed E-state index contributed by atoms with van der Waals surface area (Å²) in [5, 5.41) is 0. The minimum Gasteiger partial charge on any atom is -0.377 e. The number of hydrogen-bond acceptors (Lipinski definition) is 3. The van der Waals surface area contributed by atoms with E-state index in [9.17, 15) is 0 Å². The zero-order valence-corrected chi connectivity index (χ0v) is 11.2. The molecular formula is C15H24N2O. The first-order valence-electron chi connectivity index (χ1n) is 6.94. The standard InChI is InChI=1S/C15H24N2O/c1-2-18-14-9-6-10-17(11-14)12-15(16)13-7-4-3-5-8-13/h3-5,7-8,14-15H,2,6,9-12,16H2,1H3. The zero-order chi connectivity index (χ0) is 12.8. The molecule has 100 valence electrons. The van der Waals surface area contributed by atoms with Gasteiger partial charge in [0, 0.05) is 25.7 Å². The Morgan fingerprint density at radius 1 is 1.39 bits per heavy atom. The smallest absolute Gasteiger partial charge is 0.0702 e. The van der Waals surface area contributed by atoms with Gasteiger partial charge in [0.15, 0.2) is 0 Å². The van der Waals surface area contributed by atoms with Crippen molar-refractivity contribution < 1.29 is 4.74 Å². The highest BCUT2D eigenvalue weighted by Crippen LogP contribution is 2.17. The van der Waals surface area contributed by atoms with E-state index in [1.807, 2.05) is 18.2 Å². The molecule has 2 atom stereocenters. The van der Waals surface area contributed by atoms with Gasteiger partial charge in [0.2, 0.25) is 0 Å². The minimum absolute atomic E-state index is 0.103. The van der Waals surface area contributed by atoms with Crippen LogP contribution in [-0.2, 0) is 4.74 Å². The van der Waals surface area contributed by atoms with Crippen molar-refractivity contribution in [2.75, 3.05) is 26.2 Å². The zero-order valence-electron chi connectivity index (χ0n) is 11.2. The quantitative estimate of drug-likeness (QED) is 0.868. The fraction of sp³-hybridized carbons (Fsp3) is 0.600. The molecule has 0 saturated carbocycles. The van der Waals surface area contributed by atoms with Crippen LogP contribution < -0.4 is 5.73 Å². The lowest BCUT2D eigenvalue weighted by Crippen LogP contribution is -2.42. The Balaban J connectivity index is 1.85. The molecule has 2 rings (SSSR count). The molecule has 18 heavy (non-hydrogen) atoms. The number of likely N-dealkylation sites (tertiary alicyclic amines) is 1. The van der Waals surface area contributed by atoms with E-state index in [1.54, 1.807) is 0 Å². The van der Waals surface area contributed by atoms with Gasteiger partial charge in [-0.1, -0.05) is 30.3 Å². The Bertz CT molecular complexity index is 340. The molecule has 1 saturated heterocycles. The van der Waals surface area contributed by atoms with Gasteiger partial charge in [-0.25, -0.2) is 0 Å². The number of benzene rings is 1. The minimum atomic E-state index is 0.103. The summed E-state index contributed by atoms with van der Waals surface area (Å²) in [4.78, 5) is 2.43. The summed E-state index contributed by atoms with van der Waals surface area (Å²) in [5.41, 5.74) is 7.48. The van der Waals surface area contributed by atoms with Crippen LogP contribution in [0.15, 0.2) is 30.3 Å². The molecule has 1 aliphatic rings. The van der Waals surface area contributed by atoms with Crippen LogP contribution in [0.2, 0.25) is 0 Å². The van der Waals surface area contributed by atoms with Crippen molar-refractivity contribution in [1.82, 2.24) is 4.90 Å². The van der Waals surface area contributed by atoms with Gasteiger partial charge in [-0.15, -0.1) is 0 Å². The van der Waals surface area contributed by atoms with Gasteiger partial charge in [-0.05, 0) is 31.9 Å². The molecule has 3 heteroatoms. The SMILES string of the molecule is CCOC1CCCN(CC(N)c2ccccc2)C1. The van der Waals surface area contributed by atoms with E-state index in [0.29, 0.717) is 6.10 Å². The highest BCUT2D eigenvalue weighted by molar-refractivity contribution is 5.18. The van der Waals surface area contributed by atoms with Crippen LogP contribution in [0.1, 0.15) is 31.4 Å². The predicted octanol–water partition coefficient (Wildman–Crippen LogP) is 2.19. The molecule has 1 aromatic rings. The van der Waals surface area contributed by atoms with Crippen LogP contribution in [0, 0.1) is 0 Å². The molecule has 2 N–H and O–H groups in total. The van der Waals surface area contributed by atoms with Crippen molar-refractivity contribution in [2.24, 2.45) is 5.73 Å². The fourth-order valence-corrected chi connectivity index (χ4v) is 2.63. The number of hydrogen-bond donors (Lipinski definition) is 1. The molecule has 0 spiro atoms. The molecule has 1 aromatic carbocycles. The third-order valence-electron chi connectivity index (χ3n) is 3.55. The second-order valence-electron chi connectivity index (χ2n) is 5.00. The monoisotopic (exact) mass is 248 g/mol. The summed E-state index contributed by atoms with van der Waals surface area (Å²) < 4.78 is 5.72. The summed E-state index contributed by atoms with van der Waals surface area (Å²) in [5.74, 6) is 0. The average Bonchev–Trinajstić information content (AvgIpc) is 2.40. The fourth-order valence-electron chi connectivity index (χ4n) is 2.63. The number of nitrogens with two attached hydrogens (primary N) is 1. The van der Waals surface area contributed by atoms with Crippen LogP contribution in [0.3, 0.4) is 0 Å². The van der Waals surface area contributed by atoms with E-state index in [4.69, 9.17) is 10.5 Å². The Morgan fingerprint density at radius 3 is 2.89 bits per heavy atom. The normalized spacial score (nSPS) is 22.9. The predicted molar refractivity (Wildman–Crippen MR) is 74.5 cm³/mol. The summed E-state index contributed by atoms with van der Waals surface area (Å²) >= 11 is 0. The summed E-state index contributed by atoms with van der Waals surface area (Å²) in [7, 11) is 0. The average molecular weight is 248 g/mol. The molecule has 2 unspecified atom stereocenters. The van der Waals surface area contributed by atoms with E-state index < -0.39 is 0 Å². The molecular weight excluding hydrogens is 224 g/mol. The maximum absolute atomic E-state index is 6.26. The van der Waals surface area contributed by atoms with E-state index >= 15 is 0 Å². The molecule has 3 nitrogen and oxygen atoms in total. The summed E-state index contributed by atoms with van der Waals surface area (Å²) in [6.45, 7) is 5.96. The van der Waals surface area contributed by atoms with Gasteiger partial charge in [0.25, 0.3) is 0 Å². The Labute approximate surface area is 110 Å². The van der Waals surface area contributed by atoms with Gasteiger partial charge in [0.05, 0.1) is 6.10 Å². The van der Waals surface area contributed by atoms with Crippen molar-refractivity contribution in [3.05, 3.63) is 35.9 Å². The van der Waals surface area contributed by atoms with E-state index in [1.165, 1.54) is 18.4 Å². The van der Waals surface area contributed by atoms with Crippen molar-refractivity contribution in [3.8, 4) is 0 Å². The Morgan fingerprint density at radius 2 is 2.17 bits per heavy atom. The van der Waals surface area contributed by atoms with Crippen LogP contribution in [0.25, 0.3) is 0 Å². The van der Waals surface area contributed by atoms with Gasteiger partial charge >= 0.3 is 0 Å². The molecule has 0 aromatic heterocycles. The van der Waals surface area contributed by atoms with Gasteiger partial charge in [-0.2, -0.15) is 0 Å². The number of nitrogens with zero attached hydrogens (tertiary/aromatic N) is 1. The highest BCUT2D eigenvalue weighted by atomic mass is 16.5. The van der Waals surface area contributed by atoms with Crippen molar-refractivity contribution in [1.29, 1.82) is 0 Å². The van der Waals surface area contributed by atoms with Crippen LogP contribution in [-0.4, -0.2) is 37.2 Å². The largest absolute Gasteiger partial charge is 0.377 e. The van der Waals surface area contributed by atoms with Crippen molar-refractivity contribution in [3.63, 3.8) is 0 Å².